The SMILES string of the molecule is C[C@@H]1CNCCN1CC(=O)c1ccco1. The number of furan rings is 1. The standard InChI is InChI=1S/C11H16N2O2/c1-9-7-12-4-5-13(9)8-10(14)11-3-2-6-15-11/h2-3,6,9,12H,4-5,7-8H2,1H3/t9-/m1/s1. The first kappa shape index (κ1) is 10.4. The summed E-state index contributed by atoms with van der Waals surface area (Å²) in [6.07, 6.45) is 1.54. The minimum atomic E-state index is 0.0637. The van der Waals surface area contributed by atoms with Crippen molar-refractivity contribution in [2.24, 2.45) is 0 Å². The van der Waals surface area contributed by atoms with Gasteiger partial charge in [0.1, 0.15) is 0 Å². The van der Waals surface area contributed by atoms with Crippen molar-refractivity contribution in [3.05, 3.63) is 24.2 Å². The molecule has 15 heavy (non-hydrogen) atoms. The molecule has 2 heterocycles. The Kier molecular flexibility index (Phi) is 3.18. The molecule has 2 rings (SSSR count). The molecule has 1 aliphatic heterocycles. The second kappa shape index (κ2) is 4.59. The highest BCUT2D eigenvalue weighted by molar-refractivity contribution is 5.95. The number of carbonyl (C=O) groups excluding carboxylic acids is 1. The highest BCUT2D eigenvalue weighted by Gasteiger charge is 2.21. The zero-order chi connectivity index (χ0) is 10.7. The third-order valence-corrected chi connectivity index (χ3v) is 2.78. The Bertz CT molecular complexity index is 321. The molecule has 1 aliphatic rings. The summed E-state index contributed by atoms with van der Waals surface area (Å²) in [5, 5.41) is 3.30. The van der Waals surface area contributed by atoms with Gasteiger partial charge in [0.05, 0.1) is 12.8 Å². The van der Waals surface area contributed by atoms with Gasteiger partial charge in [-0.1, -0.05) is 0 Å². The van der Waals surface area contributed by atoms with E-state index >= 15 is 0 Å². The summed E-state index contributed by atoms with van der Waals surface area (Å²) < 4.78 is 5.08. The Morgan fingerprint density at radius 1 is 1.73 bits per heavy atom. The number of rotatable bonds is 3. The van der Waals surface area contributed by atoms with Crippen molar-refractivity contribution in [2.75, 3.05) is 26.2 Å². The van der Waals surface area contributed by atoms with Crippen LogP contribution in [0, 0.1) is 0 Å². The van der Waals surface area contributed by atoms with Gasteiger partial charge in [0.25, 0.3) is 0 Å². The van der Waals surface area contributed by atoms with Crippen LogP contribution in [-0.4, -0.2) is 42.9 Å². The highest BCUT2D eigenvalue weighted by atomic mass is 16.3. The van der Waals surface area contributed by atoms with E-state index in [1.54, 1.807) is 12.1 Å². The van der Waals surface area contributed by atoms with Crippen molar-refractivity contribution in [1.82, 2.24) is 10.2 Å². The van der Waals surface area contributed by atoms with Gasteiger partial charge in [0, 0.05) is 25.7 Å². The van der Waals surface area contributed by atoms with Gasteiger partial charge < -0.3 is 9.73 Å². The lowest BCUT2D eigenvalue weighted by Gasteiger charge is -2.32. The predicted octanol–water partition coefficient (Wildman–Crippen LogP) is 0.756. The molecule has 4 heteroatoms. The fourth-order valence-corrected chi connectivity index (χ4v) is 1.82. The second-order valence-corrected chi connectivity index (χ2v) is 3.92. The normalized spacial score (nSPS) is 22.9. The third kappa shape index (κ3) is 2.46. The summed E-state index contributed by atoms with van der Waals surface area (Å²) in [6, 6.07) is 3.88. The first-order valence-electron chi connectivity index (χ1n) is 5.29. The fraction of sp³-hybridized carbons (Fsp3) is 0.545. The van der Waals surface area contributed by atoms with Crippen LogP contribution in [0.25, 0.3) is 0 Å². The van der Waals surface area contributed by atoms with E-state index in [0.717, 1.165) is 19.6 Å². The summed E-state index contributed by atoms with van der Waals surface area (Å²) >= 11 is 0. The van der Waals surface area contributed by atoms with Crippen LogP contribution < -0.4 is 5.32 Å². The predicted molar refractivity (Wildman–Crippen MR) is 56.9 cm³/mol. The van der Waals surface area contributed by atoms with Gasteiger partial charge >= 0.3 is 0 Å². The molecule has 1 atom stereocenters. The third-order valence-electron chi connectivity index (χ3n) is 2.78. The van der Waals surface area contributed by atoms with E-state index in [-0.39, 0.29) is 5.78 Å². The molecule has 1 N–H and O–H groups in total. The lowest BCUT2D eigenvalue weighted by molar-refractivity contribution is 0.0848. The molecule has 0 radical (unpaired) electrons. The molecule has 0 spiro atoms. The zero-order valence-corrected chi connectivity index (χ0v) is 8.90. The molecular formula is C11H16N2O2. The van der Waals surface area contributed by atoms with E-state index in [2.05, 4.69) is 17.1 Å². The molecule has 82 valence electrons. The Hall–Kier alpha value is -1.13. The maximum absolute atomic E-state index is 11.8. The van der Waals surface area contributed by atoms with Crippen LogP contribution in [-0.2, 0) is 0 Å². The van der Waals surface area contributed by atoms with Crippen molar-refractivity contribution in [3.8, 4) is 0 Å². The van der Waals surface area contributed by atoms with Crippen LogP contribution in [0.3, 0.4) is 0 Å². The second-order valence-electron chi connectivity index (χ2n) is 3.92. The number of Topliss-reactive ketones (excluding diaryl/α,β-unsaturated/α-hetero) is 1. The fourth-order valence-electron chi connectivity index (χ4n) is 1.82. The molecule has 1 fully saturated rings. The molecule has 0 saturated carbocycles. The van der Waals surface area contributed by atoms with E-state index in [1.165, 1.54) is 6.26 Å². The van der Waals surface area contributed by atoms with Crippen LogP contribution in [0.1, 0.15) is 17.5 Å². The van der Waals surface area contributed by atoms with Gasteiger partial charge in [0.15, 0.2) is 5.76 Å². The van der Waals surface area contributed by atoms with Crippen LogP contribution in [0.2, 0.25) is 0 Å². The molecule has 0 unspecified atom stereocenters. The van der Waals surface area contributed by atoms with E-state index in [4.69, 9.17) is 4.42 Å². The average molecular weight is 208 g/mol. The summed E-state index contributed by atoms with van der Waals surface area (Å²) in [6.45, 7) is 5.41. The van der Waals surface area contributed by atoms with Gasteiger partial charge in [-0.25, -0.2) is 0 Å². The molecule has 1 aromatic heterocycles. The molecule has 0 aliphatic carbocycles. The average Bonchev–Trinajstić information content (AvgIpc) is 2.74. The van der Waals surface area contributed by atoms with Crippen LogP contribution >= 0.6 is 0 Å². The van der Waals surface area contributed by atoms with Gasteiger partial charge in [-0.05, 0) is 19.1 Å². The highest BCUT2D eigenvalue weighted by Crippen LogP contribution is 2.07. The van der Waals surface area contributed by atoms with E-state index < -0.39 is 0 Å². The molecule has 0 aromatic carbocycles. The Morgan fingerprint density at radius 3 is 3.27 bits per heavy atom. The quantitative estimate of drug-likeness (QED) is 0.745. The minimum Gasteiger partial charge on any atom is -0.461 e. The van der Waals surface area contributed by atoms with Crippen LogP contribution in [0.4, 0.5) is 0 Å². The number of nitrogens with zero attached hydrogens (tertiary/aromatic N) is 1. The summed E-state index contributed by atoms with van der Waals surface area (Å²) in [5.74, 6) is 0.523. The van der Waals surface area contributed by atoms with Gasteiger partial charge in [-0.15, -0.1) is 0 Å². The summed E-state index contributed by atoms with van der Waals surface area (Å²) in [7, 11) is 0. The number of carbonyl (C=O) groups is 1. The van der Waals surface area contributed by atoms with Crippen molar-refractivity contribution < 1.29 is 9.21 Å². The number of piperazine rings is 1. The number of hydrogen-bond acceptors (Lipinski definition) is 4. The maximum Gasteiger partial charge on any atom is 0.211 e. The minimum absolute atomic E-state index is 0.0637. The van der Waals surface area contributed by atoms with Crippen molar-refractivity contribution >= 4 is 5.78 Å². The molecule has 0 amide bonds. The first-order chi connectivity index (χ1) is 7.27. The number of hydrogen-bond donors (Lipinski definition) is 1. The Morgan fingerprint density at radius 2 is 2.60 bits per heavy atom. The Labute approximate surface area is 89.2 Å². The van der Waals surface area contributed by atoms with Crippen LogP contribution in [0.15, 0.2) is 22.8 Å². The van der Waals surface area contributed by atoms with Crippen molar-refractivity contribution in [1.29, 1.82) is 0 Å². The van der Waals surface area contributed by atoms with E-state index in [9.17, 15) is 4.79 Å². The maximum atomic E-state index is 11.8. The lowest BCUT2D eigenvalue weighted by atomic mass is 10.2. The van der Waals surface area contributed by atoms with E-state index in [1.807, 2.05) is 0 Å². The monoisotopic (exact) mass is 208 g/mol. The topological polar surface area (TPSA) is 45.5 Å². The molecule has 4 nitrogen and oxygen atoms in total. The number of ketones is 1. The molecule has 1 saturated heterocycles. The summed E-state index contributed by atoms with van der Waals surface area (Å²) in [4.78, 5) is 13.9. The smallest absolute Gasteiger partial charge is 0.211 e. The van der Waals surface area contributed by atoms with Gasteiger partial charge in [0.2, 0.25) is 5.78 Å². The molecular weight excluding hydrogens is 192 g/mol. The first-order valence-corrected chi connectivity index (χ1v) is 5.29. The van der Waals surface area contributed by atoms with Gasteiger partial charge in [-0.2, -0.15) is 0 Å². The number of nitrogens with one attached hydrogen (secondary N) is 1. The largest absolute Gasteiger partial charge is 0.461 e. The van der Waals surface area contributed by atoms with E-state index in [0.29, 0.717) is 18.3 Å². The van der Waals surface area contributed by atoms with Gasteiger partial charge in [-0.3, -0.25) is 9.69 Å². The Balaban J connectivity index is 1.93. The lowest BCUT2D eigenvalue weighted by Crippen LogP contribution is -2.51. The van der Waals surface area contributed by atoms with Crippen molar-refractivity contribution in [3.63, 3.8) is 0 Å². The molecule has 0 bridgehead atoms. The van der Waals surface area contributed by atoms with Crippen LogP contribution in [0.5, 0.6) is 0 Å². The van der Waals surface area contributed by atoms with Crippen molar-refractivity contribution in [2.45, 2.75) is 13.0 Å². The summed E-state index contributed by atoms with van der Waals surface area (Å²) in [5.41, 5.74) is 0. The zero-order valence-electron chi connectivity index (χ0n) is 8.90. The molecule has 1 aromatic rings.